The average Bonchev–Trinajstić information content (AvgIpc) is 2.04. The van der Waals surface area contributed by atoms with Gasteiger partial charge in [0.15, 0.2) is 10.7 Å². The molecule has 0 N–H and O–H groups in total. The third kappa shape index (κ3) is 2.32. The van der Waals surface area contributed by atoms with Crippen LogP contribution in [-0.2, 0) is 0 Å². The smallest absolute Gasteiger partial charge is 1.00 e. The van der Waals surface area contributed by atoms with Crippen molar-refractivity contribution in [2.45, 2.75) is 0 Å². The third-order valence-corrected chi connectivity index (χ3v) is 1.36. The minimum absolute atomic E-state index is 0. The van der Waals surface area contributed by atoms with Crippen molar-refractivity contribution in [2.24, 2.45) is 0 Å². The molecule has 0 bridgehead atoms. The molecule has 6 heteroatoms. The molecule has 0 saturated heterocycles. The van der Waals surface area contributed by atoms with E-state index >= 15 is 0 Å². The number of nitrogens with zero attached hydrogens (tertiary/aromatic N) is 3. The van der Waals surface area contributed by atoms with E-state index in [1.165, 1.54) is 13.4 Å². The quantitative estimate of drug-likeness (QED) is 0.387. The first-order valence-electron chi connectivity index (χ1n) is 2.74. The zero-order chi connectivity index (χ0) is 8.27. The maximum atomic E-state index is 8.54. The van der Waals surface area contributed by atoms with E-state index in [0.717, 1.165) is 0 Å². The Morgan fingerprint density at radius 2 is 2.33 bits per heavy atom. The van der Waals surface area contributed by atoms with Gasteiger partial charge in [0.2, 0.25) is 5.88 Å². The fourth-order valence-corrected chi connectivity index (χ4v) is 0.765. The fourth-order valence-electron chi connectivity index (χ4n) is 0.598. The van der Waals surface area contributed by atoms with Crippen molar-refractivity contribution < 1.29 is 35.7 Å². The van der Waals surface area contributed by atoms with Crippen LogP contribution in [0.4, 0.5) is 0 Å². The summed E-state index contributed by atoms with van der Waals surface area (Å²) >= 11 is 5.55. The van der Waals surface area contributed by atoms with Crippen LogP contribution in [0, 0.1) is 11.3 Å². The number of aromatic nitrogens is 2. The summed E-state index contributed by atoms with van der Waals surface area (Å²) in [6, 6.07) is 1.83. The van der Waals surface area contributed by atoms with Gasteiger partial charge in [-0.25, -0.2) is 9.97 Å². The van der Waals surface area contributed by atoms with Gasteiger partial charge in [0.05, 0.1) is 7.11 Å². The van der Waals surface area contributed by atoms with E-state index in [9.17, 15) is 0 Å². The molecule has 0 unspecified atom stereocenters. The summed E-state index contributed by atoms with van der Waals surface area (Å²) < 4.78 is 4.76. The molecular formula is C6H5ClN3NaO. The minimum atomic E-state index is 0. The van der Waals surface area contributed by atoms with E-state index in [2.05, 4.69) is 9.97 Å². The monoisotopic (exact) mass is 193 g/mol. The molecule has 0 aliphatic heterocycles. The SMILES string of the molecule is COc1ncnc(Cl)c1C#N.[H-].[Na+]. The molecule has 0 amide bonds. The molecule has 1 rings (SSSR count). The molecule has 1 aromatic heterocycles. The molecule has 1 heterocycles. The summed E-state index contributed by atoms with van der Waals surface area (Å²) in [6.45, 7) is 0. The molecule has 0 aromatic carbocycles. The van der Waals surface area contributed by atoms with Crippen LogP contribution in [0.25, 0.3) is 0 Å². The number of ether oxygens (including phenoxy) is 1. The predicted molar refractivity (Wildman–Crippen MR) is 39.4 cm³/mol. The zero-order valence-electron chi connectivity index (χ0n) is 7.71. The molecule has 12 heavy (non-hydrogen) atoms. The van der Waals surface area contributed by atoms with Crippen LogP contribution in [0.2, 0.25) is 5.15 Å². The number of methoxy groups -OCH3 is 1. The van der Waals surface area contributed by atoms with Crippen LogP contribution in [-0.4, -0.2) is 17.1 Å². The van der Waals surface area contributed by atoms with Gasteiger partial charge < -0.3 is 6.16 Å². The first kappa shape index (κ1) is 11.7. The number of halogens is 1. The Morgan fingerprint density at radius 1 is 1.67 bits per heavy atom. The zero-order valence-corrected chi connectivity index (χ0v) is 9.46. The second kappa shape index (κ2) is 5.33. The molecule has 0 aliphatic carbocycles. The number of rotatable bonds is 1. The third-order valence-electron chi connectivity index (χ3n) is 1.07. The van der Waals surface area contributed by atoms with Gasteiger partial charge >= 0.3 is 29.6 Å². The maximum absolute atomic E-state index is 8.54. The average molecular weight is 194 g/mol. The van der Waals surface area contributed by atoms with Gasteiger partial charge in [-0.2, -0.15) is 5.26 Å². The number of nitriles is 1. The molecule has 0 radical (unpaired) electrons. The normalized spacial score (nSPS) is 8.08. The number of hydrogen-bond donors (Lipinski definition) is 0. The van der Waals surface area contributed by atoms with E-state index < -0.39 is 0 Å². The van der Waals surface area contributed by atoms with Crippen molar-refractivity contribution in [2.75, 3.05) is 7.11 Å². The fraction of sp³-hybridized carbons (Fsp3) is 0.167. The van der Waals surface area contributed by atoms with Crippen LogP contribution in [0.3, 0.4) is 0 Å². The Labute approximate surface area is 98.3 Å². The van der Waals surface area contributed by atoms with Crippen molar-refractivity contribution in [1.82, 2.24) is 9.97 Å². The summed E-state index contributed by atoms with van der Waals surface area (Å²) in [5, 5.41) is 8.65. The van der Waals surface area contributed by atoms with Gasteiger partial charge in [-0.1, -0.05) is 11.6 Å². The van der Waals surface area contributed by atoms with E-state index in [1.54, 1.807) is 0 Å². The van der Waals surface area contributed by atoms with Crippen molar-refractivity contribution >= 4 is 11.6 Å². The first-order chi connectivity index (χ1) is 5.29. The van der Waals surface area contributed by atoms with Gasteiger partial charge in [-0.05, 0) is 0 Å². The summed E-state index contributed by atoms with van der Waals surface area (Å²) in [5.41, 5.74) is 0.164. The van der Waals surface area contributed by atoms with Gasteiger partial charge in [0.1, 0.15) is 12.4 Å². The van der Waals surface area contributed by atoms with Gasteiger partial charge in [-0.15, -0.1) is 0 Å². The molecule has 0 spiro atoms. The van der Waals surface area contributed by atoms with E-state index in [4.69, 9.17) is 21.6 Å². The largest absolute Gasteiger partial charge is 1.00 e. The molecule has 0 saturated carbocycles. The Hall–Kier alpha value is -0.340. The van der Waals surface area contributed by atoms with Crippen LogP contribution in [0.1, 0.15) is 6.99 Å². The molecule has 58 valence electrons. The standard InChI is InChI=1S/C6H4ClN3O.Na.H/c1-11-6-4(2-8)5(7)9-3-10-6;;/h3H,1H3;;/q;+1;-1. The summed E-state index contributed by atoms with van der Waals surface area (Å²) in [4.78, 5) is 7.30. The molecule has 4 nitrogen and oxygen atoms in total. The molecular weight excluding hydrogens is 189 g/mol. The summed E-state index contributed by atoms with van der Waals surface area (Å²) in [7, 11) is 1.42. The van der Waals surface area contributed by atoms with Crippen LogP contribution in [0.5, 0.6) is 5.88 Å². The maximum Gasteiger partial charge on any atom is 1.00 e. The second-order valence-corrected chi connectivity index (χ2v) is 2.02. The van der Waals surface area contributed by atoms with Crippen molar-refractivity contribution in [1.29, 1.82) is 5.26 Å². The van der Waals surface area contributed by atoms with E-state index in [-0.39, 0.29) is 47.6 Å². The van der Waals surface area contributed by atoms with E-state index in [1.807, 2.05) is 6.07 Å². The van der Waals surface area contributed by atoms with Crippen LogP contribution < -0.4 is 34.3 Å². The van der Waals surface area contributed by atoms with E-state index in [0.29, 0.717) is 0 Å². The Balaban J connectivity index is 0. The Bertz CT molecular complexity index is 317. The van der Waals surface area contributed by atoms with Gasteiger partial charge in [0, 0.05) is 0 Å². The predicted octanol–water partition coefficient (Wildman–Crippen LogP) is -1.87. The van der Waals surface area contributed by atoms with Crippen LogP contribution >= 0.6 is 11.6 Å². The Morgan fingerprint density at radius 3 is 2.75 bits per heavy atom. The topological polar surface area (TPSA) is 58.8 Å². The Kier molecular flexibility index (Phi) is 5.18. The second-order valence-electron chi connectivity index (χ2n) is 1.66. The summed E-state index contributed by atoms with van der Waals surface area (Å²) in [6.07, 6.45) is 1.24. The van der Waals surface area contributed by atoms with Gasteiger partial charge in [0.25, 0.3) is 0 Å². The minimum Gasteiger partial charge on any atom is -1.00 e. The molecule has 1 aromatic rings. The summed E-state index contributed by atoms with van der Waals surface area (Å²) in [5.74, 6) is 0.201. The first-order valence-corrected chi connectivity index (χ1v) is 3.12. The van der Waals surface area contributed by atoms with Gasteiger partial charge in [-0.3, -0.25) is 0 Å². The van der Waals surface area contributed by atoms with Crippen molar-refractivity contribution in [3.63, 3.8) is 0 Å². The van der Waals surface area contributed by atoms with Crippen LogP contribution in [0.15, 0.2) is 6.33 Å². The molecule has 0 fully saturated rings. The van der Waals surface area contributed by atoms with Crippen molar-refractivity contribution in [3.8, 4) is 11.9 Å². The molecule has 0 atom stereocenters. The number of hydrogen-bond acceptors (Lipinski definition) is 4. The van der Waals surface area contributed by atoms with Crippen molar-refractivity contribution in [3.05, 3.63) is 17.0 Å². The molecule has 0 aliphatic rings.